The topological polar surface area (TPSA) is 46.5 Å². The van der Waals surface area contributed by atoms with Crippen LogP contribution in [-0.2, 0) is 9.53 Å². The predicted octanol–water partition coefficient (Wildman–Crippen LogP) is 4.97. The zero-order valence-electron chi connectivity index (χ0n) is 17.0. The van der Waals surface area contributed by atoms with Gasteiger partial charge in [0.1, 0.15) is 0 Å². The molecule has 0 radical (unpaired) electrons. The van der Waals surface area contributed by atoms with Gasteiger partial charge in [0.05, 0.1) is 13.2 Å². The van der Waals surface area contributed by atoms with Gasteiger partial charge in [0, 0.05) is 6.08 Å². The van der Waals surface area contributed by atoms with Gasteiger partial charge in [0.15, 0.2) is 0 Å². The van der Waals surface area contributed by atoms with E-state index in [-0.39, 0.29) is 17.5 Å². The third kappa shape index (κ3) is 3.03. The van der Waals surface area contributed by atoms with Crippen molar-refractivity contribution >= 4 is 5.97 Å². The lowest BCUT2D eigenvalue weighted by molar-refractivity contribution is -0.134. The maximum Gasteiger partial charge on any atom is 0.330 e. The molecule has 0 aromatic carbocycles. The number of methoxy groups -OCH3 is 1. The lowest BCUT2D eigenvalue weighted by Crippen LogP contribution is -2.49. The Morgan fingerprint density at radius 2 is 1.96 bits per heavy atom. The van der Waals surface area contributed by atoms with E-state index in [1.54, 1.807) is 11.6 Å². The highest BCUT2D eigenvalue weighted by Crippen LogP contribution is 2.65. The fourth-order valence-corrected chi connectivity index (χ4v) is 6.96. The molecule has 4 aliphatic rings. The number of carbonyl (C=O) groups excluding carboxylic acids is 1. The summed E-state index contributed by atoms with van der Waals surface area (Å²) in [6.45, 7) is 4.94. The maximum absolute atomic E-state index is 11.4. The van der Waals surface area contributed by atoms with Gasteiger partial charge in [-0.25, -0.2) is 4.79 Å². The summed E-state index contributed by atoms with van der Waals surface area (Å²) < 4.78 is 4.72. The van der Waals surface area contributed by atoms with Crippen LogP contribution in [0.5, 0.6) is 0 Å². The van der Waals surface area contributed by atoms with Gasteiger partial charge in [-0.15, -0.1) is 0 Å². The Morgan fingerprint density at radius 1 is 1.19 bits per heavy atom. The third-order valence-electron chi connectivity index (χ3n) is 8.61. The molecule has 0 saturated heterocycles. The van der Waals surface area contributed by atoms with Gasteiger partial charge in [-0.05, 0) is 80.0 Å². The molecule has 0 bridgehead atoms. The van der Waals surface area contributed by atoms with E-state index < -0.39 is 0 Å². The van der Waals surface area contributed by atoms with Crippen LogP contribution in [0.3, 0.4) is 0 Å². The van der Waals surface area contributed by atoms with Crippen LogP contribution in [0.4, 0.5) is 0 Å². The first-order chi connectivity index (χ1) is 12.9. The van der Waals surface area contributed by atoms with Crippen molar-refractivity contribution in [2.75, 3.05) is 7.11 Å². The lowest BCUT2D eigenvalue weighted by atomic mass is 9.47. The number of aliphatic hydroxyl groups is 1. The van der Waals surface area contributed by atoms with Crippen LogP contribution >= 0.6 is 0 Å². The molecule has 27 heavy (non-hydrogen) atoms. The van der Waals surface area contributed by atoms with Crippen LogP contribution in [0.15, 0.2) is 35.5 Å². The van der Waals surface area contributed by atoms with Crippen LogP contribution in [-0.4, -0.2) is 24.3 Å². The molecule has 6 unspecified atom stereocenters. The molecular formula is C24H34O3. The first-order valence-corrected chi connectivity index (χ1v) is 10.7. The largest absolute Gasteiger partial charge is 0.466 e. The summed E-state index contributed by atoms with van der Waals surface area (Å²) in [6.07, 6.45) is 17.1. The van der Waals surface area contributed by atoms with Gasteiger partial charge in [0.2, 0.25) is 0 Å². The normalized spacial score (nSPS) is 43.4. The Balaban J connectivity index is 1.53. The summed E-state index contributed by atoms with van der Waals surface area (Å²) in [6, 6.07) is 0. The first kappa shape index (κ1) is 19.0. The fourth-order valence-electron chi connectivity index (χ4n) is 6.96. The second kappa shape index (κ2) is 6.92. The molecule has 2 saturated carbocycles. The Morgan fingerprint density at radius 3 is 2.74 bits per heavy atom. The number of ether oxygens (including phenoxy) is 1. The Labute approximate surface area is 163 Å². The standard InChI is InChI=1S/C24H34O3/c1-23-14-12-21-19(9-7-17-15-18(25)11-13-24(17,21)2)20(23)10-8-16(23)5-4-6-22(26)27-3/h4,6-8,18-21,25H,5,9-15H2,1-3H3/b6-4+. The molecule has 0 aliphatic heterocycles. The average molecular weight is 371 g/mol. The Kier molecular flexibility index (Phi) is 4.86. The van der Waals surface area contributed by atoms with Gasteiger partial charge < -0.3 is 9.84 Å². The van der Waals surface area contributed by atoms with Crippen LogP contribution < -0.4 is 0 Å². The maximum atomic E-state index is 11.4. The van der Waals surface area contributed by atoms with E-state index in [9.17, 15) is 9.90 Å². The monoisotopic (exact) mass is 370 g/mol. The van der Waals surface area contributed by atoms with E-state index in [0.717, 1.165) is 43.4 Å². The zero-order chi connectivity index (χ0) is 19.2. The van der Waals surface area contributed by atoms with Gasteiger partial charge in [0.25, 0.3) is 0 Å². The molecule has 6 atom stereocenters. The van der Waals surface area contributed by atoms with E-state index in [2.05, 4.69) is 26.0 Å². The number of esters is 1. The van der Waals surface area contributed by atoms with Crippen molar-refractivity contribution in [3.8, 4) is 0 Å². The van der Waals surface area contributed by atoms with Crippen LogP contribution in [0.2, 0.25) is 0 Å². The van der Waals surface area contributed by atoms with Crippen molar-refractivity contribution in [2.45, 2.75) is 71.3 Å². The molecule has 0 amide bonds. The summed E-state index contributed by atoms with van der Waals surface area (Å²) in [5.41, 5.74) is 3.64. The number of hydrogen-bond donors (Lipinski definition) is 1. The smallest absolute Gasteiger partial charge is 0.330 e. The summed E-state index contributed by atoms with van der Waals surface area (Å²) in [4.78, 5) is 11.4. The minimum absolute atomic E-state index is 0.129. The average Bonchev–Trinajstić information content (AvgIpc) is 2.99. The van der Waals surface area contributed by atoms with Gasteiger partial charge in [-0.1, -0.05) is 43.2 Å². The molecule has 0 spiro atoms. The second-order valence-corrected chi connectivity index (χ2v) is 9.71. The van der Waals surface area contributed by atoms with Crippen molar-refractivity contribution in [1.82, 2.24) is 0 Å². The van der Waals surface area contributed by atoms with Gasteiger partial charge >= 0.3 is 5.97 Å². The molecule has 0 aromatic rings. The van der Waals surface area contributed by atoms with Crippen LogP contribution in [0.25, 0.3) is 0 Å². The molecule has 3 nitrogen and oxygen atoms in total. The number of rotatable bonds is 3. The highest BCUT2D eigenvalue weighted by atomic mass is 16.5. The Hall–Kier alpha value is -1.35. The van der Waals surface area contributed by atoms with Crippen LogP contribution in [0, 0.1) is 28.6 Å². The minimum Gasteiger partial charge on any atom is -0.466 e. The molecular weight excluding hydrogens is 336 g/mol. The molecule has 0 heterocycles. The van der Waals surface area contributed by atoms with E-state index in [1.807, 2.05) is 6.08 Å². The predicted molar refractivity (Wildman–Crippen MR) is 107 cm³/mol. The SMILES string of the molecule is COC(=O)/C=C/CC1=CCC2C3CC=C4CC(O)CCC4(C)C3CCC12C. The zero-order valence-corrected chi connectivity index (χ0v) is 17.0. The van der Waals surface area contributed by atoms with Crippen molar-refractivity contribution < 1.29 is 14.6 Å². The Bertz CT molecular complexity index is 702. The van der Waals surface area contributed by atoms with Gasteiger partial charge in [-0.2, -0.15) is 0 Å². The molecule has 4 aliphatic carbocycles. The van der Waals surface area contributed by atoms with Crippen molar-refractivity contribution in [3.63, 3.8) is 0 Å². The van der Waals surface area contributed by atoms with Crippen molar-refractivity contribution in [1.29, 1.82) is 0 Å². The quantitative estimate of drug-likeness (QED) is 0.434. The first-order valence-electron chi connectivity index (χ1n) is 10.7. The van der Waals surface area contributed by atoms with Crippen molar-refractivity contribution in [2.24, 2.45) is 28.6 Å². The summed E-state index contributed by atoms with van der Waals surface area (Å²) in [5, 5.41) is 10.1. The summed E-state index contributed by atoms with van der Waals surface area (Å²) in [7, 11) is 1.43. The molecule has 0 aromatic heterocycles. The molecule has 4 rings (SSSR count). The molecule has 3 heteroatoms. The molecule has 148 valence electrons. The third-order valence-corrected chi connectivity index (χ3v) is 8.61. The number of carbonyl (C=O) groups is 1. The highest BCUT2D eigenvalue weighted by molar-refractivity contribution is 5.81. The highest BCUT2D eigenvalue weighted by Gasteiger charge is 2.56. The molecule has 1 N–H and O–H groups in total. The summed E-state index contributed by atoms with van der Waals surface area (Å²) in [5.74, 6) is 1.98. The second-order valence-electron chi connectivity index (χ2n) is 9.71. The number of aliphatic hydroxyl groups excluding tert-OH is 1. The summed E-state index contributed by atoms with van der Waals surface area (Å²) >= 11 is 0. The van der Waals surface area contributed by atoms with E-state index in [0.29, 0.717) is 5.41 Å². The number of allylic oxidation sites excluding steroid dienone is 4. The fraction of sp³-hybridized carbons (Fsp3) is 0.708. The van der Waals surface area contributed by atoms with Gasteiger partial charge in [-0.3, -0.25) is 0 Å². The van der Waals surface area contributed by atoms with Crippen LogP contribution in [0.1, 0.15) is 65.2 Å². The number of hydrogen-bond acceptors (Lipinski definition) is 3. The molecule has 2 fully saturated rings. The lowest BCUT2D eigenvalue weighted by Gasteiger charge is -2.57. The van der Waals surface area contributed by atoms with E-state index >= 15 is 0 Å². The van der Waals surface area contributed by atoms with Crippen molar-refractivity contribution in [3.05, 3.63) is 35.5 Å². The van der Waals surface area contributed by atoms with E-state index in [4.69, 9.17) is 4.74 Å². The minimum atomic E-state index is -0.267. The van der Waals surface area contributed by atoms with E-state index in [1.165, 1.54) is 38.4 Å². The number of fused-ring (bicyclic) bond motifs is 5.